The zero-order valence-corrected chi connectivity index (χ0v) is 20.5. The molecule has 0 spiro atoms. The van der Waals surface area contributed by atoms with Crippen LogP contribution in [-0.2, 0) is 4.74 Å². The monoisotopic (exact) mass is 489 g/mol. The number of ether oxygens (including phenoxy) is 1. The molecule has 0 radical (unpaired) electrons. The molecule has 3 aromatic carbocycles. The van der Waals surface area contributed by atoms with E-state index in [2.05, 4.69) is 15.6 Å². The molecule has 1 fully saturated rings. The van der Waals surface area contributed by atoms with E-state index < -0.39 is 5.97 Å². The van der Waals surface area contributed by atoms with Crippen molar-refractivity contribution in [2.24, 2.45) is 4.99 Å². The molecule has 7 nitrogen and oxygen atoms in total. The first-order valence-corrected chi connectivity index (χ1v) is 12.5. The smallest absolute Gasteiger partial charge is 0.356 e. The lowest BCUT2D eigenvalue weighted by molar-refractivity contribution is 0.0520. The van der Waals surface area contributed by atoms with E-state index in [0.29, 0.717) is 24.0 Å². The van der Waals surface area contributed by atoms with Gasteiger partial charge in [0.1, 0.15) is 5.69 Å². The van der Waals surface area contributed by atoms with Crippen molar-refractivity contribution in [3.63, 3.8) is 0 Å². The molecule has 1 aliphatic carbocycles. The van der Waals surface area contributed by atoms with E-state index in [1.54, 1.807) is 6.92 Å². The van der Waals surface area contributed by atoms with Crippen molar-refractivity contribution >= 4 is 45.1 Å². The van der Waals surface area contributed by atoms with Crippen LogP contribution in [0, 0.1) is 0 Å². The summed E-state index contributed by atoms with van der Waals surface area (Å²) in [5, 5.41) is 8.79. The number of aromatic amines is 1. The Balaban J connectivity index is 1.35. The minimum Gasteiger partial charge on any atom is -0.461 e. The molecule has 1 aliphatic rings. The number of guanidine groups is 1. The van der Waals surface area contributed by atoms with Gasteiger partial charge in [-0.3, -0.25) is 0 Å². The molecule has 0 aliphatic heterocycles. The Hall–Kier alpha value is -4.65. The third kappa shape index (κ3) is 4.89. The largest absolute Gasteiger partial charge is 0.461 e. The van der Waals surface area contributed by atoms with Gasteiger partial charge < -0.3 is 20.4 Å². The second-order valence-electron chi connectivity index (χ2n) is 9.07. The SMILES string of the molecule is CCOC(=O)c1cc2c([nH]c3ccccc32)c(-c2ccc(NC(=NC3CC3)Nc3ccccc3)cc2)n1. The van der Waals surface area contributed by atoms with Gasteiger partial charge in [-0.05, 0) is 56.2 Å². The summed E-state index contributed by atoms with van der Waals surface area (Å²) in [6.45, 7) is 2.09. The molecule has 0 saturated heterocycles. The average Bonchev–Trinajstić information content (AvgIpc) is 3.66. The van der Waals surface area contributed by atoms with Gasteiger partial charge in [0.15, 0.2) is 0 Å². The lowest BCUT2D eigenvalue weighted by atomic mass is 10.1. The van der Waals surface area contributed by atoms with E-state index in [4.69, 9.17) is 14.7 Å². The number of esters is 1. The second kappa shape index (κ2) is 9.78. The molecule has 1 saturated carbocycles. The number of pyridine rings is 1. The fourth-order valence-electron chi connectivity index (χ4n) is 4.35. The van der Waals surface area contributed by atoms with Gasteiger partial charge in [-0.1, -0.05) is 48.5 Å². The predicted octanol–water partition coefficient (Wildman–Crippen LogP) is 6.60. The van der Waals surface area contributed by atoms with Crippen molar-refractivity contribution in [3.05, 3.63) is 90.6 Å². The Morgan fingerprint density at radius 2 is 1.65 bits per heavy atom. The number of nitrogens with one attached hydrogen (secondary N) is 3. The first-order valence-electron chi connectivity index (χ1n) is 12.5. The van der Waals surface area contributed by atoms with Crippen molar-refractivity contribution in [3.8, 4) is 11.3 Å². The molecule has 184 valence electrons. The number of anilines is 2. The van der Waals surface area contributed by atoms with E-state index in [9.17, 15) is 4.79 Å². The van der Waals surface area contributed by atoms with Crippen LogP contribution in [0.2, 0.25) is 0 Å². The number of hydrogen-bond donors (Lipinski definition) is 3. The minimum atomic E-state index is -0.429. The van der Waals surface area contributed by atoms with Gasteiger partial charge in [-0.2, -0.15) is 0 Å². The zero-order valence-electron chi connectivity index (χ0n) is 20.5. The van der Waals surface area contributed by atoms with Gasteiger partial charge in [0.2, 0.25) is 5.96 Å². The number of carbonyl (C=O) groups excluding carboxylic acids is 1. The molecule has 2 aromatic heterocycles. The number of aliphatic imine (C=N–C) groups is 1. The second-order valence-corrected chi connectivity index (χ2v) is 9.07. The number of nitrogens with zero attached hydrogens (tertiary/aromatic N) is 2. The van der Waals surface area contributed by atoms with Crippen LogP contribution < -0.4 is 10.6 Å². The van der Waals surface area contributed by atoms with Gasteiger partial charge in [0.25, 0.3) is 0 Å². The minimum absolute atomic E-state index is 0.294. The van der Waals surface area contributed by atoms with E-state index >= 15 is 0 Å². The molecular formula is C30H27N5O2. The molecular weight excluding hydrogens is 462 g/mol. The first kappa shape index (κ1) is 22.8. The molecule has 5 aromatic rings. The Morgan fingerprint density at radius 1 is 0.946 bits per heavy atom. The van der Waals surface area contributed by atoms with Crippen LogP contribution >= 0.6 is 0 Å². The molecule has 0 amide bonds. The number of fused-ring (bicyclic) bond motifs is 3. The molecule has 2 heterocycles. The Kier molecular flexibility index (Phi) is 6.02. The highest BCUT2D eigenvalue weighted by atomic mass is 16.5. The Morgan fingerprint density at radius 3 is 2.38 bits per heavy atom. The third-order valence-electron chi connectivity index (χ3n) is 6.30. The van der Waals surface area contributed by atoms with Crippen molar-refractivity contribution in [2.75, 3.05) is 17.2 Å². The summed E-state index contributed by atoms with van der Waals surface area (Å²) in [5.41, 5.74) is 5.66. The fourth-order valence-corrected chi connectivity index (χ4v) is 4.35. The van der Waals surface area contributed by atoms with Crippen LogP contribution in [0.4, 0.5) is 11.4 Å². The molecule has 0 bridgehead atoms. The van der Waals surface area contributed by atoms with Crippen molar-refractivity contribution < 1.29 is 9.53 Å². The van der Waals surface area contributed by atoms with Crippen molar-refractivity contribution in [1.82, 2.24) is 9.97 Å². The van der Waals surface area contributed by atoms with E-state index in [-0.39, 0.29) is 0 Å². The number of aromatic nitrogens is 2. The average molecular weight is 490 g/mol. The van der Waals surface area contributed by atoms with Crippen molar-refractivity contribution in [2.45, 2.75) is 25.8 Å². The highest BCUT2D eigenvalue weighted by Gasteiger charge is 2.21. The standard InChI is InChI=1S/C30H27N5O2/c1-2-37-29(36)26-18-24-23-10-6-7-11-25(23)34-28(24)27(35-26)19-12-14-21(15-13-19)32-30(33-22-16-17-22)31-20-8-4-3-5-9-20/h3-15,18,22,34H,2,16-17H2,1H3,(H2,31,32,33). The Labute approximate surface area is 214 Å². The molecule has 37 heavy (non-hydrogen) atoms. The van der Waals surface area contributed by atoms with Gasteiger partial charge in [0.05, 0.1) is 23.9 Å². The topological polar surface area (TPSA) is 91.4 Å². The fraction of sp³-hybridized carbons (Fsp3) is 0.167. The van der Waals surface area contributed by atoms with Crippen LogP contribution in [0.1, 0.15) is 30.3 Å². The summed E-state index contributed by atoms with van der Waals surface area (Å²) >= 11 is 0. The van der Waals surface area contributed by atoms with Crippen LogP contribution in [0.25, 0.3) is 33.1 Å². The normalized spacial score (nSPS) is 13.6. The highest BCUT2D eigenvalue weighted by molar-refractivity contribution is 6.13. The van der Waals surface area contributed by atoms with E-state index in [0.717, 1.165) is 57.5 Å². The molecule has 7 heteroatoms. The van der Waals surface area contributed by atoms with Crippen LogP contribution in [0.5, 0.6) is 0 Å². The van der Waals surface area contributed by atoms with Crippen LogP contribution in [0.3, 0.4) is 0 Å². The quantitative estimate of drug-likeness (QED) is 0.142. The maximum absolute atomic E-state index is 12.6. The molecule has 0 atom stereocenters. The lowest BCUT2D eigenvalue weighted by Gasteiger charge is -2.13. The lowest BCUT2D eigenvalue weighted by Crippen LogP contribution is -2.22. The number of hydrogen-bond acceptors (Lipinski definition) is 4. The summed E-state index contributed by atoms with van der Waals surface area (Å²) < 4.78 is 5.26. The molecule has 3 N–H and O–H groups in total. The molecule has 6 rings (SSSR count). The maximum atomic E-state index is 12.6. The highest BCUT2D eigenvalue weighted by Crippen LogP contribution is 2.33. The van der Waals surface area contributed by atoms with Crippen molar-refractivity contribution in [1.29, 1.82) is 0 Å². The number of carbonyl (C=O) groups is 1. The van der Waals surface area contributed by atoms with E-state index in [1.807, 2.05) is 84.9 Å². The van der Waals surface area contributed by atoms with Gasteiger partial charge in [-0.15, -0.1) is 0 Å². The summed E-state index contributed by atoms with van der Waals surface area (Å²) in [7, 11) is 0. The van der Waals surface area contributed by atoms with Gasteiger partial charge >= 0.3 is 5.97 Å². The number of rotatable bonds is 6. The summed E-state index contributed by atoms with van der Waals surface area (Å²) in [6.07, 6.45) is 2.23. The first-order chi connectivity index (χ1) is 18.2. The number of H-pyrrole nitrogens is 1. The van der Waals surface area contributed by atoms with E-state index in [1.165, 1.54) is 0 Å². The number of benzene rings is 3. The third-order valence-corrected chi connectivity index (χ3v) is 6.30. The summed E-state index contributed by atoms with van der Waals surface area (Å²) in [4.78, 5) is 25.6. The summed E-state index contributed by atoms with van der Waals surface area (Å²) in [6, 6.07) is 28.2. The predicted molar refractivity (Wildman–Crippen MR) is 149 cm³/mol. The van der Waals surface area contributed by atoms with Crippen LogP contribution in [-0.4, -0.2) is 34.5 Å². The Bertz CT molecular complexity index is 1600. The number of para-hydroxylation sites is 2. The van der Waals surface area contributed by atoms with Crippen LogP contribution in [0.15, 0.2) is 89.9 Å². The summed E-state index contributed by atoms with van der Waals surface area (Å²) in [5.74, 6) is 0.295. The maximum Gasteiger partial charge on any atom is 0.356 e. The molecule has 0 unspecified atom stereocenters. The van der Waals surface area contributed by atoms with Gasteiger partial charge in [0, 0.05) is 33.2 Å². The zero-order chi connectivity index (χ0) is 25.2. The van der Waals surface area contributed by atoms with Gasteiger partial charge in [-0.25, -0.2) is 14.8 Å².